The maximum Gasteiger partial charge on any atom is 0.123 e. The highest BCUT2D eigenvalue weighted by Crippen LogP contribution is 2.17. The van der Waals surface area contributed by atoms with Crippen molar-refractivity contribution in [2.75, 3.05) is 46.3 Å². The van der Waals surface area contributed by atoms with Crippen LogP contribution in [0.3, 0.4) is 0 Å². The Bertz CT molecular complexity index is 440. The minimum absolute atomic E-state index is 0.148. The van der Waals surface area contributed by atoms with Crippen molar-refractivity contribution in [2.24, 2.45) is 0 Å². The summed E-state index contributed by atoms with van der Waals surface area (Å²) in [6.07, 6.45) is 2.68. The van der Waals surface area contributed by atoms with E-state index in [4.69, 9.17) is 0 Å². The smallest absolute Gasteiger partial charge is 0.123 e. The molecule has 2 aliphatic heterocycles. The molecule has 1 aromatic carbocycles. The summed E-state index contributed by atoms with van der Waals surface area (Å²) >= 11 is 0. The quantitative estimate of drug-likeness (QED) is 0.844. The maximum absolute atomic E-state index is 12.9. The Balaban J connectivity index is 1.47. The van der Waals surface area contributed by atoms with Gasteiger partial charge < -0.3 is 4.90 Å². The molecule has 0 saturated carbocycles. The first kappa shape index (κ1) is 14.9. The first-order valence-corrected chi connectivity index (χ1v) is 8.10. The molecule has 1 unspecified atom stereocenters. The van der Waals surface area contributed by atoms with Gasteiger partial charge in [-0.3, -0.25) is 9.80 Å². The number of likely N-dealkylation sites (tertiary alicyclic amines) is 1. The van der Waals surface area contributed by atoms with Gasteiger partial charge in [0.2, 0.25) is 0 Å². The van der Waals surface area contributed by atoms with Crippen LogP contribution in [-0.2, 0) is 6.54 Å². The Morgan fingerprint density at radius 1 is 1.05 bits per heavy atom. The summed E-state index contributed by atoms with van der Waals surface area (Å²) in [5.41, 5.74) is 1.21. The molecular weight excluding hydrogens is 265 g/mol. The second-order valence-corrected chi connectivity index (χ2v) is 6.50. The molecule has 0 N–H and O–H groups in total. The van der Waals surface area contributed by atoms with E-state index in [9.17, 15) is 4.39 Å². The molecule has 0 radical (unpaired) electrons. The van der Waals surface area contributed by atoms with Crippen LogP contribution in [0.1, 0.15) is 18.4 Å². The van der Waals surface area contributed by atoms with Gasteiger partial charge in [0.25, 0.3) is 0 Å². The summed E-state index contributed by atoms with van der Waals surface area (Å²) < 4.78 is 12.9. The predicted octanol–water partition coefficient (Wildman–Crippen LogP) is 2.04. The number of benzene rings is 1. The molecule has 4 heteroatoms. The third kappa shape index (κ3) is 4.02. The Labute approximate surface area is 127 Å². The number of likely N-dealkylation sites (N-methyl/N-ethyl adjacent to an activating group) is 1. The van der Waals surface area contributed by atoms with Crippen molar-refractivity contribution in [1.82, 2.24) is 14.7 Å². The van der Waals surface area contributed by atoms with Crippen LogP contribution in [0.25, 0.3) is 0 Å². The van der Waals surface area contributed by atoms with E-state index < -0.39 is 0 Å². The highest BCUT2D eigenvalue weighted by Gasteiger charge is 2.26. The van der Waals surface area contributed by atoms with Crippen LogP contribution in [0, 0.1) is 5.82 Å². The summed E-state index contributed by atoms with van der Waals surface area (Å²) in [7, 11) is 2.23. The van der Waals surface area contributed by atoms with E-state index in [-0.39, 0.29) is 5.82 Å². The van der Waals surface area contributed by atoms with Gasteiger partial charge >= 0.3 is 0 Å². The topological polar surface area (TPSA) is 9.72 Å². The maximum atomic E-state index is 12.9. The van der Waals surface area contributed by atoms with E-state index in [2.05, 4.69) is 21.7 Å². The minimum atomic E-state index is -0.148. The molecule has 3 nitrogen and oxygen atoms in total. The molecule has 1 aromatic rings. The fourth-order valence-electron chi connectivity index (χ4n) is 3.57. The van der Waals surface area contributed by atoms with Crippen LogP contribution in [0.5, 0.6) is 0 Å². The zero-order valence-corrected chi connectivity index (χ0v) is 13.0. The van der Waals surface area contributed by atoms with Gasteiger partial charge in [-0.1, -0.05) is 12.1 Å². The van der Waals surface area contributed by atoms with E-state index in [1.807, 2.05) is 12.1 Å². The molecular formula is C17H26FN3. The highest BCUT2D eigenvalue weighted by atomic mass is 19.1. The van der Waals surface area contributed by atoms with Crippen molar-refractivity contribution in [1.29, 1.82) is 0 Å². The minimum Gasteiger partial charge on any atom is -0.305 e. The Kier molecular flexibility index (Phi) is 4.88. The molecule has 2 fully saturated rings. The first-order chi connectivity index (χ1) is 10.2. The van der Waals surface area contributed by atoms with Gasteiger partial charge in [0.15, 0.2) is 0 Å². The summed E-state index contributed by atoms with van der Waals surface area (Å²) in [4.78, 5) is 7.60. The number of nitrogens with zero attached hydrogens (tertiary/aromatic N) is 3. The molecule has 2 aliphatic rings. The molecule has 0 amide bonds. The molecule has 0 aliphatic carbocycles. The summed E-state index contributed by atoms with van der Waals surface area (Å²) in [5, 5.41) is 0. The van der Waals surface area contributed by atoms with Crippen molar-refractivity contribution >= 4 is 0 Å². The van der Waals surface area contributed by atoms with Gasteiger partial charge in [0.05, 0.1) is 0 Å². The molecule has 0 aromatic heterocycles. The monoisotopic (exact) mass is 291 g/mol. The lowest BCUT2D eigenvalue weighted by Crippen LogP contribution is -2.54. The van der Waals surface area contributed by atoms with Gasteiger partial charge in [0.1, 0.15) is 5.82 Å². The van der Waals surface area contributed by atoms with Gasteiger partial charge in [-0.15, -0.1) is 0 Å². The fourth-order valence-corrected chi connectivity index (χ4v) is 3.57. The predicted molar refractivity (Wildman–Crippen MR) is 83.8 cm³/mol. The van der Waals surface area contributed by atoms with E-state index >= 15 is 0 Å². The van der Waals surface area contributed by atoms with Gasteiger partial charge in [-0.05, 0) is 44.1 Å². The molecule has 3 rings (SSSR count). The number of piperidine rings is 1. The Morgan fingerprint density at radius 3 is 2.43 bits per heavy atom. The number of piperazine rings is 1. The third-order valence-electron chi connectivity index (χ3n) is 4.84. The zero-order valence-electron chi connectivity index (χ0n) is 13.0. The molecule has 21 heavy (non-hydrogen) atoms. The summed E-state index contributed by atoms with van der Waals surface area (Å²) in [6.45, 7) is 7.99. The first-order valence-electron chi connectivity index (χ1n) is 8.10. The largest absolute Gasteiger partial charge is 0.305 e. The Morgan fingerprint density at radius 2 is 1.76 bits per heavy atom. The SMILES string of the molecule is CN1CCCC(N2CCN(Cc3ccc(F)cc3)CC2)C1. The molecule has 2 heterocycles. The van der Waals surface area contributed by atoms with Gasteiger partial charge in [0, 0.05) is 45.3 Å². The second kappa shape index (κ2) is 6.86. The van der Waals surface area contributed by atoms with Crippen LogP contribution in [0.2, 0.25) is 0 Å². The van der Waals surface area contributed by atoms with Crippen LogP contribution in [0.15, 0.2) is 24.3 Å². The average Bonchev–Trinajstić information content (AvgIpc) is 2.50. The van der Waals surface area contributed by atoms with Crippen molar-refractivity contribution in [3.63, 3.8) is 0 Å². The lowest BCUT2D eigenvalue weighted by Gasteiger charge is -2.42. The second-order valence-electron chi connectivity index (χ2n) is 6.50. The van der Waals surface area contributed by atoms with Crippen LogP contribution in [0.4, 0.5) is 4.39 Å². The molecule has 2 saturated heterocycles. The normalized spacial score (nSPS) is 26.1. The molecule has 0 bridgehead atoms. The lowest BCUT2D eigenvalue weighted by molar-refractivity contribution is 0.0568. The van der Waals surface area contributed by atoms with Crippen LogP contribution < -0.4 is 0 Å². The zero-order chi connectivity index (χ0) is 14.7. The number of hydrogen-bond acceptors (Lipinski definition) is 3. The molecule has 1 atom stereocenters. The van der Waals surface area contributed by atoms with E-state index in [0.29, 0.717) is 0 Å². The number of halogens is 1. The highest BCUT2D eigenvalue weighted by molar-refractivity contribution is 5.16. The average molecular weight is 291 g/mol. The summed E-state index contributed by atoms with van der Waals surface area (Å²) in [5.74, 6) is -0.148. The van der Waals surface area contributed by atoms with Gasteiger partial charge in [-0.25, -0.2) is 4.39 Å². The van der Waals surface area contributed by atoms with Crippen molar-refractivity contribution < 1.29 is 4.39 Å². The molecule has 0 spiro atoms. The fraction of sp³-hybridized carbons (Fsp3) is 0.647. The van der Waals surface area contributed by atoms with Crippen LogP contribution >= 0.6 is 0 Å². The Hall–Kier alpha value is -0.970. The van der Waals surface area contributed by atoms with E-state index in [1.54, 1.807) is 12.1 Å². The number of hydrogen-bond donors (Lipinski definition) is 0. The summed E-state index contributed by atoms with van der Waals surface area (Å²) in [6, 6.07) is 7.67. The van der Waals surface area contributed by atoms with Crippen molar-refractivity contribution in [3.05, 3.63) is 35.6 Å². The molecule has 116 valence electrons. The third-order valence-corrected chi connectivity index (χ3v) is 4.84. The lowest BCUT2D eigenvalue weighted by atomic mass is 10.0. The van der Waals surface area contributed by atoms with E-state index in [1.165, 1.54) is 44.6 Å². The van der Waals surface area contributed by atoms with Crippen molar-refractivity contribution in [2.45, 2.75) is 25.4 Å². The van der Waals surface area contributed by atoms with Gasteiger partial charge in [-0.2, -0.15) is 0 Å². The van der Waals surface area contributed by atoms with E-state index in [0.717, 1.165) is 25.7 Å². The number of rotatable bonds is 3. The standard InChI is InChI=1S/C17H26FN3/c1-19-8-2-3-17(14-19)21-11-9-20(10-12-21)13-15-4-6-16(18)7-5-15/h4-7,17H,2-3,8-14H2,1H3. The van der Waals surface area contributed by atoms with Crippen molar-refractivity contribution in [3.8, 4) is 0 Å². The van der Waals surface area contributed by atoms with Crippen LogP contribution in [-0.4, -0.2) is 67.1 Å².